The van der Waals surface area contributed by atoms with Crippen LogP contribution < -0.4 is 5.32 Å². The minimum absolute atomic E-state index is 0.0699. The maximum Gasteiger partial charge on any atom is 0.371 e. The number of halogens is 1. The maximum atomic E-state index is 13.2. The summed E-state index contributed by atoms with van der Waals surface area (Å²) in [6, 6.07) is 6.89. The molecule has 2 aromatic heterocycles. The van der Waals surface area contributed by atoms with E-state index in [-0.39, 0.29) is 23.9 Å². The van der Waals surface area contributed by atoms with Gasteiger partial charge in [-0.25, -0.2) is 14.2 Å². The summed E-state index contributed by atoms with van der Waals surface area (Å²) in [6.45, 7) is 0.279. The van der Waals surface area contributed by atoms with E-state index in [1.165, 1.54) is 24.3 Å². The fourth-order valence-corrected chi connectivity index (χ4v) is 2.40. The summed E-state index contributed by atoms with van der Waals surface area (Å²) >= 11 is 0. The number of nitrogens with one attached hydrogen (secondary N) is 1. The van der Waals surface area contributed by atoms with Gasteiger partial charge in [-0.15, -0.1) is 0 Å². The van der Waals surface area contributed by atoms with Crippen LogP contribution in [-0.4, -0.2) is 33.1 Å². The standard InChI is InChI=1S/C16H14FN3O4/c1-20-11-3-2-9(17)8-10(11)19-14(20)6-7-18-15(21)12-4-5-13(24-12)16(22)23/h2-5,8H,6-7H2,1H3,(H,18,21)(H,22,23). The van der Waals surface area contributed by atoms with Crippen molar-refractivity contribution in [1.82, 2.24) is 14.9 Å². The lowest BCUT2D eigenvalue weighted by molar-refractivity contribution is 0.0659. The van der Waals surface area contributed by atoms with Crippen molar-refractivity contribution < 1.29 is 23.5 Å². The molecule has 0 spiro atoms. The van der Waals surface area contributed by atoms with Gasteiger partial charge in [0.2, 0.25) is 5.76 Å². The average Bonchev–Trinajstić information content (AvgIpc) is 3.13. The monoisotopic (exact) mass is 331 g/mol. The van der Waals surface area contributed by atoms with E-state index in [0.29, 0.717) is 17.8 Å². The van der Waals surface area contributed by atoms with Crippen LogP contribution in [0.1, 0.15) is 26.9 Å². The van der Waals surface area contributed by atoms with Gasteiger partial charge in [0.05, 0.1) is 11.0 Å². The highest BCUT2D eigenvalue weighted by Crippen LogP contribution is 2.16. The van der Waals surface area contributed by atoms with Crippen LogP contribution in [0.15, 0.2) is 34.7 Å². The number of aromatic carboxylic acids is 1. The number of aryl methyl sites for hydroxylation is 1. The van der Waals surface area contributed by atoms with Gasteiger partial charge in [0, 0.05) is 26.1 Å². The zero-order chi connectivity index (χ0) is 17.3. The van der Waals surface area contributed by atoms with E-state index in [9.17, 15) is 14.0 Å². The third-order valence-corrected chi connectivity index (χ3v) is 3.61. The van der Waals surface area contributed by atoms with Crippen molar-refractivity contribution in [3.05, 3.63) is 53.5 Å². The third-order valence-electron chi connectivity index (χ3n) is 3.61. The van der Waals surface area contributed by atoms with Crippen molar-refractivity contribution in [2.45, 2.75) is 6.42 Å². The lowest BCUT2D eigenvalue weighted by Gasteiger charge is -2.04. The van der Waals surface area contributed by atoms with Gasteiger partial charge in [0.1, 0.15) is 11.6 Å². The summed E-state index contributed by atoms with van der Waals surface area (Å²) < 4.78 is 20.0. The highest BCUT2D eigenvalue weighted by Gasteiger charge is 2.15. The van der Waals surface area contributed by atoms with Crippen molar-refractivity contribution in [2.75, 3.05) is 6.54 Å². The second-order valence-electron chi connectivity index (χ2n) is 5.20. The molecule has 1 aromatic carbocycles. The van der Waals surface area contributed by atoms with Crippen LogP contribution in [0.2, 0.25) is 0 Å². The van der Waals surface area contributed by atoms with Gasteiger partial charge < -0.3 is 19.4 Å². The number of aromatic nitrogens is 2. The van der Waals surface area contributed by atoms with Crippen molar-refractivity contribution in [3.63, 3.8) is 0 Å². The minimum Gasteiger partial charge on any atom is -0.475 e. The fraction of sp³-hybridized carbons (Fsp3) is 0.188. The first kappa shape index (κ1) is 15.7. The van der Waals surface area contributed by atoms with E-state index in [1.54, 1.807) is 6.07 Å². The molecule has 124 valence electrons. The lowest BCUT2D eigenvalue weighted by Crippen LogP contribution is -2.26. The number of carboxylic acids is 1. The molecule has 0 saturated carbocycles. The number of benzene rings is 1. The third kappa shape index (κ3) is 2.98. The molecule has 0 bridgehead atoms. The van der Waals surface area contributed by atoms with Crippen molar-refractivity contribution >= 4 is 22.9 Å². The van der Waals surface area contributed by atoms with E-state index in [4.69, 9.17) is 9.52 Å². The Morgan fingerprint density at radius 3 is 2.75 bits per heavy atom. The van der Waals surface area contributed by atoms with E-state index in [2.05, 4.69) is 10.3 Å². The SMILES string of the molecule is Cn1c(CCNC(=O)c2ccc(C(=O)O)o2)nc2cc(F)ccc21. The molecule has 24 heavy (non-hydrogen) atoms. The van der Waals surface area contributed by atoms with Gasteiger partial charge in [0.25, 0.3) is 5.91 Å². The molecule has 0 aliphatic rings. The second kappa shape index (κ2) is 6.15. The predicted molar refractivity (Wildman–Crippen MR) is 82.4 cm³/mol. The molecule has 0 aliphatic heterocycles. The highest BCUT2D eigenvalue weighted by atomic mass is 19.1. The Kier molecular flexibility index (Phi) is 4.03. The molecular weight excluding hydrogens is 317 g/mol. The van der Waals surface area contributed by atoms with Crippen LogP contribution in [0.3, 0.4) is 0 Å². The number of furan rings is 1. The number of fused-ring (bicyclic) bond motifs is 1. The molecule has 0 saturated heterocycles. The van der Waals surface area contributed by atoms with Crippen molar-refractivity contribution in [1.29, 1.82) is 0 Å². The number of imidazole rings is 1. The number of hydrogen-bond donors (Lipinski definition) is 2. The summed E-state index contributed by atoms with van der Waals surface area (Å²) in [5.74, 6) is -1.76. The summed E-state index contributed by atoms with van der Waals surface area (Å²) in [6.07, 6.45) is 0.436. The molecule has 3 aromatic rings. The van der Waals surface area contributed by atoms with E-state index in [1.807, 2.05) is 11.6 Å². The molecule has 3 rings (SSSR count). The Hall–Kier alpha value is -3.16. The normalized spacial score (nSPS) is 10.9. The van der Waals surface area contributed by atoms with Gasteiger partial charge in [0.15, 0.2) is 5.76 Å². The fourth-order valence-electron chi connectivity index (χ4n) is 2.40. The maximum absolute atomic E-state index is 13.2. The molecule has 0 radical (unpaired) electrons. The van der Waals surface area contributed by atoms with Crippen LogP contribution in [0, 0.1) is 5.82 Å². The number of hydrogen-bond acceptors (Lipinski definition) is 4. The van der Waals surface area contributed by atoms with Crippen molar-refractivity contribution in [3.8, 4) is 0 Å². The Bertz CT molecular complexity index is 929. The van der Waals surface area contributed by atoms with Crippen LogP contribution in [0.25, 0.3) is 11.0 Å². The zero-order valence-electron chi connectivity index (χ0n) is 12.7. The molecule has 0 fully saturated rings. The first-order chi connectivity index (χ1) is 11.5. The number of carboxylic acid groups (broad SMARTS) is 1. The Morgan fingerprint density at radius 2 is 2.04 bits per heavy atom. The topological polar surface area (TPSA) is 97.4 Å². The lowest BCUT2D eigenvalue weighted by atomic mass is 10.3. The first-order valence-electron chi connectivity index (χ1n) is 7.18. The average molecular weight is 331 g/mol. The molecule has 0 aliphatic carbocycles. The number of carbonyl (C=O) groups is 2. The van der Waals surface area contributed by atoms with E-state index in [0.717, 1.165) is 5.52 Å². The smallest absolute Gasteiger partial charge is 0.371 e. The summed E-state index contributed by atoms with van der Waals surface area (Å²) in [7, 11) is 1.82. The molecular formula is C16H14FN3O4. The molecule has 0 unspecified atom stereocenters. The summed E-state index contributed by atoms with van der Waals surface area (Å²) in [4.78, 5) is 27.0. The summed E-state index contributed by atoms with van der Waals surface area (Å²) in [5.41, 5.74) is 1.35. The van der Waals surface area contributed by atoms with Gasteiger partial charge in [-0.05, 0) is 24.3 Å². The molecule has 1 amide bonds. The number of rotatable bonds is 5. The van der Waals surface area contributed by atoms with Crippen LogP contribution in [0.4, 0.5) is 4.39 Å². The predicted octanol–water partition coefficient (Wildman–Crippen LogP) is 1.98. The van der Waals surface area contributed by atoms with Gasteiger partial charge in [-0.1, -0.05) is 0 Å². The minimum atomic E-state index is -1.24. The second-order valence-corrected chi connectivity index (χ2v) is 5.20. The zero-order valence-corrected chi connectivity index (χ0v) is 12.7. The van der Waals surface area contributed by atoms with Crippen LogP contribution in [-0.2, 0) is 13.5 Å². The molecule has 8 heteroatoms. The van der Waals surface area contributed by atoms with E-state index >= 15 is 0 Å². The van der Waals surface area contributed by atoms with Crippen LogP contribution in [0.5, 0.6) is 0 Å². The van der Waals surface area contributed by atoms with Gasteiger partial charge in [-0.3, -0.25) is 4.79 Å². The number of amides is 1. The molecule has 2 heterocycles. The molecule has 0 atom stereocenters. The summed E-state index contributed by atoms with van der Waals surface area (Å²) in [5, 5.41) is 11.4. The molecule has 7 nitrogen and oxygen atoms in total. The van der Waals surface area contributed by atoms with Crippen LogP contribution >= 0.6 is 0 Å². The highest BCUT2D eigenvalue weighted by molar-refractivity contribution is 5.93. The quantitative estimate of drug-likeness (QED) is 0.745. The Morgan fingerprint density at radius 1 is 1.29 bits per heavy atom. The number of nitrogens with zero attached hydrogens (tertiary/aromatic N) is 2. The molecule has 2 N–H and O–H groups in total. The van der Waals surface area contributed by atoms with Gasteiger partial charge in [-0.2, -0.15) is 0 Å². The first-order valence-corrected chi connectivity index (χ1v) is 7.18. The van der Waals surface area contributed by atoms with Crippen molar-refractivity contribution in [2.24, 2.45) is 7.05 Å². The number of carbonyl (C=O) groups excluding carboxylic acids is 1. The largest absolute Gasteiger partial charge is 0.475 e. The van der Waals surface area contributed by atoms with E-state index < -0.39 is 11.9 Å². The van der Waals surface area contributed by atoms with Gasteiger partial charge >= 0.3 is 5.97 Å². The Balaban J connectivity index is 1.64. The Labute approximate surface area is 135 Å².